The molecule has 1 aromatic rings. The second kappa shape index (κ2) is 3.33. The van der Waals surface area contributed by atoms with E-state index in [9.17, 15) is 4.79 Å². The third-order valence-corrected chi connectivity index (χ3v) is 4.12. The minimum atomic E-state index is -0.739. The normalized spacial score (nSPS) is 33.1. The summed E-state index contributed by atoms with van der Waals surface area (Å²) >= 11 is 0. The molecule has 2 aliphatic heterocycles. The largest absolute Gasteiger partial charge is 0.277 e. The number of anilines is 1. The summed E-state index contributed by atoms with van der Waals surface area (Å²) < 4.78 is 0. The van der Waals surface area contributed by atoms with Crippen molar-refractivity contribution in [3.05, 3.63) is 29.8 Å². The van der Waals surface area contributed by atoms with Crippen LogP contribution in [-0.2, 0) is 20.2 Å². The summed E-state index contributed by atoms with van der Waals surface area (Å²) in [7, 11) is 0. The zero-order chi connectivity index (χ0) is 13.1. The molecule has 96 valence electrons. The lowest BCUT2D eigenvalue weighted by Gasteiger charge is -2.54. The quantitative estimate of drug-likeness (QED) is 0.716. The number of nitrogens with zero attached hydrogens (tertiary/aromatic N) is 1. The molecule has 2 atom stereocenters. The topological polar surface area (TPSA) is 38.8 Å². The van der Waals surface area contributed by atoms with Crippen LogP contribution in [0.25, 0.3) is 0 Å². The molecule has 1 amide bonds. The number of hydrogen-bond acceptors (Lipinski definition) is 3. The van der Waals surface area contributed by atoms with Crippen molar-refractivity contribution in [2.45, 2.75) is 39.0 Å². The fourth-order valence-electron chi connectivity index (χ4n) is 3.38. The predicted octanol–water partition coefficient (Wildman–Crippen LogP) is 2.58. The maximum Gasteiger partial charge on any atom is 0.226 e. The molecule has 0 saturated carbocycles. The van der Waals surface area contributed by atoms with E-state index in [0.29, 0.717) is 0 Å². The monoisotopic (exact) mass is 247 g/mol. The summed E-state index contributed by atoms with van der Waals surface area (Å²) in [6, 6.07) is 7.85. The van der Waals surface area contributed by atoms with E-state index < -0.39 is 11.3 Å². The number of carbonyl (C=O) groups excluding carboxylic acids is 1. The van der Waals surface area contributed by atoms with Gasteiger partial charge in [0.05, 0.1) is 5.69 Å². The Morgan fingerprint density at radius 3 is 2.44 bits per heavy atom. The summed E-state index contributed by atoms with van der Waals surface area (Å²) in [6.07, 6.45) is 0. The molecule has 0 N–H and O–H groups in total. The summed E-state index contributed by atoms with van der Waals surface area (Å²) in [5.74, 6) is 0.178. The van der Waals surface area contributed by atoms with Crippen molar-refractivity contribution in [3.8, 4) is 0 Å². The number of carbonyl (C=O) groups is 1. The van der Waals surface area contributed by atoms with Gasteiger partial charge in [0.1, 0.15) is 0 Å². The van der Waals surface area contributed by atoms with Gasteiger partial charge in [-0.2, -0.15) is 0 Å². The van der Waals surface area contributed by atoms with Crippen molar-refractivity contribution >= 4 is 11.6 Å². The van der Waals surface area contributed by atoms with Crippen LogP contribution in [0, 0.1) is 5.92 Å². The van der Waals surface area contributed by atoms with Gasteiger partial charge in [-0.25, -0.2) is 9.78 Å². The smallest absolute Gasteiger partial charge is 0.226 e. The highest BCUT2D eigenvalue weighted by atomic mass is 17.3. The predicted molar refractivity (Wildman–Crippen MR) is 66.7 cm³/mol. The molecule has 1 aromatic carbocycles. The maximum absolute atomic E-state index is 12.0. The van der Waals surface area contributed by atoms with Crippen molar-refractivity contribution in [3.63, 3.8) is 0 Å². The van der Waals surface area contributed by atoms with E-state index >= 15 is 0 Å². The summed E-state index contributed by atoms with van der Waals surface area (Å²) in [5, 5.41) is 0. The first kappa shape index (κ1) is 11.7. The van der Waals surface area contributed by atoms with E-state index in [4.69, 9.17) is 9.78 Å². The summed E-state index contributed by atoms with van der Waals surface area (Å²) in [6.45, 7) is 7.64. The Hall–Kier alpha value is -1.39. The average molecular weight is 247 g/mol. The standard InChI is InChI=1S/C14H17NO3/c1-9(2)14-11-7-5-6-8-12(11)15(10(3)16)13(14,4)17-18-14/h5-9H,1-4H3/t13-,14-/m1/s1. The second-order valence-electron chi connectivity index (χ2n) is 5.41. The Balaban J connectivity index is 2.28. The molecule has 0 radical (unpaired) electrons. The van der Waals surface area contributed by atoms with Crippen molar-refractivity contribution < 1.29 is 14.6 Å². The van der Waals surface area contributed by atoms with Crippen molar-refractivity contribution in [2.24, 2.45) is 5.92 Å². The molecule has 18 heavy (non-hydrogen) atoms. The summed E-state index contributed by atoms with van der Waals surface area (Å²) in [4.78, 5) is 24.5. The van der Waals surface area contributed by atoms with E-state index in [-0.39, 0.29) is 11.8 Å². The van der Waals surface area contributed by atoms with E-state index in [0.717, 1.165) is 11.3 Å². The fraction of sp³-hybridized carbons (Fsp3) is 0.500. The Kier molecular flexibility index (Phi) is 2.17. The first-order valence-electron chi connectivity index (χ1n) is 6.22. The molecule has 0 unspecified atom stereocenters. The first-order chi connectivity index (χ1) is 8.45. The highest BCUT2D eigenvalue weighted by Crippen LogP contribution is 2.62. The SMILES string of the molecule is CC(=O)N1c2ccccc2[C@@]2(C(C)C)OO[C@@]12C. The molecule has 2 aliphatic rings. The van der Waals surface area contributed by atoms with Gasteiger partial charge in [0.2, 0.25) is 11.6 Å². The zero-order valence-electron chi connectivity index (χ0n) is 11.1. The molecule has 0 aromatic heterocycles. The first-order valence-corrected chi connectivity index (χ1v) is 6.22. The van der Waals surface area contributed by atoms with Crippen molar-refractivity contribution in [1.29, 1.82) is 0 Å². The van der Waals surface area contributed by atoms with Gasteiger partial charge < -0.3 is 0 Å². The molecular formula is C14H17NO3. The molecular weight excluding hydrogens is 230 g/mol. The van der Waals surface area contributed by atoms with Crippen LogP contribution in [0.15, 0.2) is 24.3 Å². The van der Waals surface area contributed by atoms with E-state index in [1.165, 1.54) is 0 Å². The van der Waals surface area contributed by atoms with E-state index in [1.54, 1.807) is 11.8 Å². The molecule has 2 heterocycles. The lowest BCUT2D eigenvalue weighted by atomic mass is 9.76. The van der Waals surface area contributed by atoms with Crippen LogP contribution in [-0.4, -0.2) is 11.6 Å². The minimum Gasteiger partial charge on any atom is -0.277 e. The van der Waals surface area contributed by atoms with Crippen LogP contribution in [0.4, 0.5) is 5.69 Å². The van der Waals surface area contributed by atoms with E-state index in [1.807, 2.05) is 31.2 Å². The lowest BCUT2D eigenvalue weighted by Crippen LogP contribution is -2.70. The van der Waals surface area contributed by atoms with Crippen LogP contribution in [0.5, 0.6) is 0 Å². The van der Waals surface area contributed by atoms with Crippen LogP contribution < -0.4 is 4.90 Å². The van der Waals surface area contributed by atoms with Crippen LogP contribution in [0.1, 0.15) is 33.3 Å². The van der Waals surface area contributed by atoms with Gasteiger partial charge in [-0.1, -0.05) is 32.0 Å². The fourth-order valence-corrected chi connectivity index (χ4v) is 3.38. The molecule has 0 aliphatic carbocycles. The highest BCUT2D eigenvalue weighted by molar-refractivity contribution is 5.96. The van der Waals surface area contributed by atoms with E-state index in [2.05, 4.69) is 13.8 Å². The van der Waals surface area contributed by atoms with Gasteiger partial charge in [-0.15, -0.1) is 0 Å². The Labute approximate surface area is 106 Å². The van der Waals surface area contributed by atoms with Gasteiger partial charge in [-0.3, -0.25) is 9.69 Å². The summed E-state index contributed by atoms with van der Waals surface area (Å²) in [5.41, 5.74) is 0.619. The number of fused-ring (bicyclic) bond motifs is 3. The van der Waals surface area contributed by atoms with Crippen molar-refractivity contribution in [2.75, 3.05) is 4.90 Å². The molecule has 0 spiro atoms. The molecule has 4 heteroatoms. The second-order valence-corrected chi connectivity index (χ2v) is 5.41. The van der Waals surface area contributed by atoms with Gasteiger partial charge in [0, 0.05) is 12.5 Å². The zero-order valence-corrected chi connectivity index (χ0v) is 11.1. The number of para-hydroxylation sites is 1. The van der Waals surface area contributed by atoms with Crippen LogP contribution in [0.2, 0.25) is 0 Å². The number of benzene rings is 1. The van der Waals surface area contributed by atoms with Gasteiger partial charge in [0.25, 0.3) is 0 Å². The molecule has 4 nitrogen and oxygen atoms in total. The molecule has 3 rings (SSSR count). The van der Waals surface area contributed by atoms with Crippen LogP contribution >= 0.6 is 0 Å². The molecule has 1 fully saturated rings. The maximum atomic E-state index is 12.0. The number of rotatable bonds is 1. The Morgan fingerprint density at radius 2 is 1.94 bits per heavy atom. The van der Waals surface area contributed by atoms with Crippen LogP contribution in [0.3, 0.4) is 0 Å². The number of amides is 1. The highest BCUT2D eigenvalue weighted by Gasteiger charge is 2.73. The minimum absolute atomic E-state index is 0.0317. The third kappa shape index (κ3) is 1.02. The van der Waals surface area contributed by atoms with Crippen molar-refractivity contribution in [1.82, 2.24) is 0 Å². The van der Waals surface area contributed by atoms with Gasteiger partial charge >= 0.3 is 0 Å². The van der Waals surface area contributed by atoms with Gasteiger partial charge in [0.15, 0.2) is 5.60 Å². The molecule has 1 saturated heterocycles. The average Bonchev–Trinajstić information content (AvgIpc) is 2.43. The Bertz CT molecular complexity index is 528. The third-order valence-electron chi connectivity index (χ3n) is 4.12. The van der Waals surface area contributed by atoms with Gasteiger partial charge in [-0.05, 0) is 18.9 Å². The Morgan fingerprint density at radius 1 is 1.28 bits per heavy atom. The lowest BCUT2D eigenvalue weighted by molar-refractivity contribution is -0.560. The number of hydrogen-bond donors (Lipinski definition) is 0. The molecule has 0 bridgehead atoms.